The van der Waals surface area contributed by atoms with Crippen LogP contribution in [0, 0.1) is 0 Å². The zero-order chi connectivity index (χ0) is 14.8. The van der Waals surface area contributed by atoms with Gasteiger partial charge in [0.1, 0.15) is 17.2 Å². The molecule has 0 saturated heterocycles. The van der Waals surface area contributed by atoms with Crippen LogP contribution in [0.2, 0.25) is 0 Å². The molecule has 0 aromatic heterocycles. The molecule has 0 bridgehead atoms. The number of rotatable bonds is 3. The van der Waals surface area contributed by atoms with Gasteiger partial charge in [0.25, 0.3) is 0 Å². The Hall–Kier alpha value is -2.07. The standard InChI is InChI=1S/C17H16O3S/c1-2-21-17-15(11-3-6-13(18)7-4-11)9-12-5-8-14(19)10-16(12)20-17/h3-10,17-19H,2H2,1H3. The van der Waals surface area contributed by atoms with Crippen LogP contribution in [-0.4, -0.2) is 21.4 Å². The molecule has 1 heterocycles. The van der Waals surface area contributed by atoms with Crippen molar-refractivity contribution < 1.29 is 14.9 Å². The average Bonchev–Trinajstić information content (AvgIpc) is 2.48. The van der Waals surface area contributed by atoms with Gasteiger partial charge < -0.3 is 14.9 Å². The predicted octanol–water partition coefficient (Wildman–Crippen LogP) is 4.11. The van der Waals surface area contributed by atoms with Crippen LogP contribution in [0.15, 0.2) is 42.5 Å². The molecule has 4 heteroatoms. The smallest absolute Gasteiger partial charge is 0.170 e. The van der Waals surface area contributed by atoms with Crippen LogP contribution >= 0.6 is 11.8 Å². The lowest BCUT2D eigenvalue weighted by Crippen LogP contribution is -2.18. The Morgan fingerprint density at radius 1 is 1.05 bits per heavy atom. The Labute approximate surface area is 127 Å². The Morgan fingerprint density at radius 2 is 1.76 bits per heavy atom. The van der Waals surface area contributed by atoms with E-state index >= 15 is 0 Å². The molecule has 1 atom stereocenters. The Kier molecular flexibility index (Phi) is 3.80. The Balaban J connectivity index is 2.05. The Bertz CT molecular complexity index is 677. The number of thioether (sulfide) groups is 1. The van der Waals surface area contributed by atoms with E-state index in [4.69, 9.17) is 4.74 Å². The second-order valence-electron chi connectivity index (χ2n) is 4.77. The minimum absolute atomic E-state index is 0.117. The van der Waals surface area contributed by atoms with E-state index in [1.54, 1.807) is 36.0 Å². The first-order valence-corrected chi connectivity index (χ1v) is 7.84. The van der Waals surface area contributed by atoms with E-state index in [0.717, 1.165) is 22.5 Å². The maximum atomic E-state index is 9.58. The van der Waals surface area contributed by atoms with Crippen LogP contribution in [0.25, 0.3) is 11.6 Å². The molecule has 1 aliphatic rings. The summed E-state index contributed by atoms with van der Waals surface area (Å²) in [5.74, 6) is 2.08. The van der Waals surface area contributed by atoms with Crippen LogP contribution in [0.3, 0.4) is 0 Å². The van der Waals surface area contributed by atoms with Gasteiger partial charge in [0.2, 0.25) is 0 Å². The largest absolute Gasteiger partial charge is 0.508 e. The maximum Gasteiger partial charge on any atom is 0.170 e. The van der Waals surface area contributed by atoms with Gasteiger partial charge in [-0.25, -0.2) is 0 Å². The van der Waals surface area contributed by atoms with Crippen molar-refractivity contribution in [3.05, 3.63) is 53.6 Å². The fraction of sp³-hybridized carbons (Fsp3) is 0.176. The number of aromatic hydroxyl groups is 2. The molecule has 0 fully saturated rings. The number of phenolic OH excluding ortho intramolecular Hbond substituents is 2. The van der Waals surface area contributed by atoms with Gasteiger partial charge in [0.15, 0.2) is 5.44 Å². The SMILES string of the molecule is CCSC1Oc2cc(O)ccc2C=C1c1ccc(O)cc1. The molecule has 0 amide bonds. The maximum absolute atomic E-state index is 9.58. The van der Waals surface area contributed by atoms with Crippen molar-refractivity contribution in [1.29, 1.82) is 0 Å². The molecule has 1 aliphatic heterocycles. The first-order chi connectivity index (χ1) is 10.2. The normalized spacial score (nSPS) is 16.8. The van der Waals surface area contributed by atoms with Gasteiger partial charge in [-0.15, -0.1) is 11.8 Å². The molecule has 3 rings (SSSR count). The molecule has 0 spiro atoms. The fourth-order valence-corrected chi connectivity index (χ4v) is 3.17. The average molecular weight is 300 g/mol. The van der Waals surface area contributed by atoms with Crippen molar-refractivity contribution in [2.45, 2.75) is 12.4 Å². The molecule has 21 heavy (non-hydrogen) atoms. The third-order valence-electron chi connectivity index (χ3n) is 3.31. The van der Waals surface area contributed by atoms with Gasteiger partial charge in [-0.3, -0.25) is 0 Å². The van der Waals surface area contributed by atoms with E-state index < -0.39 is 0 Å². The summed E-state index contributed by atoms with van der Waals surface area (Å²) in [5, 5.41) is 19.0. The monoisotopic (exact) mass is 300 g/mol. The molecule has 0 radical (unpaired) electrons. The van der Waals surface area contributed by atoms with Crippen molar-refractivity contribution >= 4 is 23.4 Å². The summed E-state index contributed by atoms with van der Waals surface area (Å²) in [7, 11) is 0. The summed E-state index contributed by atoms with van der Waals surface area (Å²) in [5.41, 5.74) is 2.93. The van der Waals surface area contributed by atoms with Gasteiger partial charge in [-0.2, -0.15) is 0 Å². The molecule has 2 N–H and O–H groups in total. The second-order valence-corrected chi connectivity index (χ2v) is 6.11. The summed E-state index contributed by atoms with van der Waals surface area (Å²) in [4.78, 5) is 0. The summed E-state index contributed by atoms with van der Waals surface area (Å²) < 4.78 is 6.02. The summed E-state index contributed by atoms with van der Waals surface area (Å²) in [6.07, 6.45) is 2.08. The number of ether oxygens (including phenoxy) is 1. The third kappa shape index (κ3) is 2.85. The van der Waals surface area contributed by atoms with E-state index in [2.05, 4.69) is 13.0 Å². The van der Waals surface area contributed by atoms with E-state index in [9.17, 15) is 10.2 Å². The number of hydrogen-bond donors (Lipinski definition) is 2. The van der Waals surface area contributed by atoms with Crippen LogP contribution in [0.5, 0.6) is 17.2 Å². The van der Waals surface area contributed by atoms with Gasteiger partial charge >= 0.3 is 0 Å². The van der Waals surface area contributed by atoms with Gasteiger partial charge in [0, 0.05) is 17.2 Å². The summed E-state index contributed by atoms with van der Waals surface area (Å²) >= 11 is 1.69. The minimum atomic E-state index is -0.117. The second kappa shape index (κ2) is 5.74. The Morgan fingerprint density at radius 3 is 2.48 bits per heavy atom. The summed E-state index contributed by atoms with van der Waals surface area (Å²) in [6.45, 7) is 2.08. The lowest BCUT2D eigenvalue weighted by molar-refractivity contribution is 0.333. The van der Waals surface area contributed by atoms with E-state index in [1.807, 2.05) is 18.2 Å². The number of fused-ring (bicyclic) bond motifs is 1. The molecule has 2 aromatic rings. The van der Waals surface area contributed by atoms with Crippen LogP contribution < -0.4 is 4.74 Å². The predicted molar refractivity (Wildman–Crippen MR) is 86.6 cm³/mol. The quantitative estimate of drug-likeness (QED) is 0.895. The molecule has 1 unspecified atom stereocenters. The van der Waals surface area contributed by atoms with Crippen molar-refractivity contribution in [3.63, 3.8) is 0 Å². The lowest BCUT2D eigenvalue weighted by atomic mass is 10.0. The van der Waals surface area contributed by atoms with Gasteiger partial charge in [-0.05, 0) is 41.7 Å². The van der Waals surface area contributed by atoms with Crippen LogP contribution in [0.1, 0.15) is 18.1 Å². The van der Waals surface area contributed by atoms with Crippen LogP contribution in [0.4, 0.5) is 0 Å². The highest BCUT2D eigenvalue weighted by Gasteiger charge is 2.24. The molecular weight excluding hydrogens is 284 g/mol. The highest BCUT2D eigenvalue weighted by molar-refractivity contribution is 8.00. The van der Waals surface area contributed by atoms with Crippen molar-refractivity contribution in [2.24, 2.45) is 0 Å². The molecule has 2 aromatic carbocycles. The number of benzene rings is 2. The number of phenols is 2. The van der Waals surface area contributed by atoms with Crippen molar-refractivity contribution in [1.82, 2.24) is 0 Å². The molecule has 3 nitrogen and oxygen atoms in total. The topological polar surface area (TPSA) is 49.7 Å². The van der Waals surface area contributed by atoms with Gasteiger partial charge in [-0.1, -0.05) is 19.1 Å². The van der Waals surface area contributed by atoms with Crippen molar-refractivity contribution in [2.75, 3.05) is 5.75 Å². The molecule has 108 valence electrons. The molecular formula is C17H16O3S. The lowest BCUT2D eigenvalue weighted by Gasteiger charge is -2.27. The highest BCUT2D eigenvalue weighted by atomic mass is 32.2. The van der Waals surface area contributed by atoms with Crippen molar-refractivity contribution in [3.8, 4) is 17.2 Å². The van der Waals surface area contributed by atoms with E-state index in [0.29, 0.717) is 5.75 Å². The summed E-state index contributed by atoms with van der Waals surface area (Å²) in [6, 6.07) is 12.3. The van der Waals surface area contributed by atoms with E-state index in [1.165, 1.54) is 0 Å². The zero-order valence-corrected chi connectivity index (χ0v) is 12.4. The third-order valence-corrected chi connectivity index (χ3v) is 4.30. The first kappa shape index (κ1) is 13.9. The van der Waals surface area contributed by atoms with Crippen LogP contribution in [-0.2, 0) is 0 Å². The molecule has 0 saturated carbocycles. The highest BCUT2D eigenvalue weighted by Crippen LogP contribution is 2.40. The molecule has 0 aliphatic carbocycles. The van der Waals surface area contributed by atoms with Gasteiger partial charge in [0.05, 0.1) is 0 Å². The zero-order valence-electron chi connectivity index (χ0n) is 11.6. The number of hydrogen-bond acceptors (Lipinski definition) is 4. The minimum Gasteiger partial charge on any atom is -0.508 e. The fourth-order valence-electron chi connectivity index (χ4n) is 2.31. The first-order valence-electron chi connectivity index (χ1n) is 6.79. The van der Waals surface area contributed by atoms with E-state index in [-0.39, 0.29) is 16.9 Å².